The van der Waals surface area contributed by atoms with E-state index in [0.717, 1.165) is 30.4 Å². The fourth-order valence-corrected chi connectivity index (χ4v) is 3.43. The summed E-state index contributed by atoms with van der Waals surface area (Å²) in [7, 11) is 0. The van der Waals surface area contributed by atoms with Crippen molar-refractivity contribution in [3.63, 3.8) is 0 Å². The highest BCUT2D eigenvalue weighted by Crippen LogP contribution is 2.30. The first-order valence-electron chi connectivity index (χ1n) is 10.1. The van der Waals surface area contributed by atoms with E-state index in [1.54, 1.807) is 18.2 Å². The SMILES string of the molecule is CCC=CCc1ccc2c(=O)c3c(OC(C)=O)cccc3oc2c1CC=CCC. The summed E-state index contributed by atoms with van der Waals surface area (Å²) >= 11 is 0. The van der Waals surface area contributed by atoms with E-state index in [1.165, 1.54) is 6.92 Å². The van der Waals surface area contributed by atoms with Gasteiger partial charge in [-0.05, 0) is 49.4 Å². The summed E-state index contributed by atoms with van der Waals surface area (Å²) in [5.41, 5.74) is 3.00. The van der Waals surface area contributed by atoms with Crippen LogP contribution in [0.4, 0.5) is 0 Å². The van der Waals surface area contributed by atoms with Gasteiger partial charge in [-0.15, -0.1) is 0 Å². The van der Waals surface area contributed by atoms with Crippen molar-refractivity contribution in [2.75, 3.05) is 0 Å². The quantitative estimate of drug-likeness (QED) is 0.218. The number of carbonyl (C=O) groups is 1. The van der Waals surface area contributed by atoms with Crippen LogP contribution in [0.2, 0.25) is 0 Å². The Morgan fingerprint density at radius 2 is 1.72 bits per heavy atom. The third-order valence-electron chi connectivity index (χ3n) is 4.75. The van der Waals surface area contributed by atoms with Crippen molar-refractivity contribution in [1.29, 1.82) is 0 Å². The van der Waals surface area contributed by atoms with Crippen molar-refractivity contribution in [3.05, 3.63) is 76.0 Å². The molecule has 1 aromatic heterocycles. The third kappa shape index (κ3) is 4.48. The molecule has 0 aliphatic heterocycles. The fraction of sp³-hybridized carbons (Fsp3) is 0.280. The largest absolute Gasteiger partial charge is 0.455 e. The van der Waals surface area contributed by atoms with Gasteiger partial charge in [-0.25, -0.2) is 0 Å². The Hall–Kier alpha value is -3.14. The van der Waals surface area contributed by atoms with Crippen LogP contribution in [0.5, 0.6) is 5.75 Å². The molecule has 150 valence electrons. The maximum Gasteiger partial charge on any atom is 0.308 e. The van der Waals surface area contributed by atoms with Crippen LogP contribution in [-0.4, -0.2) is 5.97 Å². The van der Waals surface area contributed by atoms with Crippen LogP contribution in [0.15, 0.2) is 63.8 Å². The molecule has 0 N–H and O–H groups in total. The molecule has 0 bridgehead atoms. The van der Waals surface area contributed by atoms with Gasteiger partial charge in [0.15, 0.2) is 0 Å². The molecule has 4 heteroatoms. The molecule has 0 radical (unpaired) electrons. The molecule has 0 saturated carbocycles. The van der Waals surface area contributed by atoms with Gasteiger partial charge in [0.25, 0.3) is 0 Å². The first-order valence-corrected chi connectivity index (χ1v) is 10.1. The van der Waals surface area contributed by atoms with Crippen LogP contribution in [0.3, 0.4) is 0 Å². The molecule has 0 amide bonds. The normalized spacial score (nSPS) is 11.8. The molecule has 0 aliphatic rings. The van der Waals surface area contributed by atoms with Gasteiger partial charge in [-0.1, -0.05) is 50.3 Å². The number of rotatable bonds is 7. The molecular weight excluding hydrogens is 364 g/mol. The van der Waals surface area contributed by atoms with Crippen molar-refractivity contribution in [1.82, 2.24) is 0 Å². The molecule has 0 aliphatic carbocycles. The van der Waals surface area contributed by atoms with E-state index >= 15 is 0 Å². The predicted molar refractivity (Wildman–Crippen MR) is 118 cm³/mol. The van der Waals surface area contributed by atoms with Gasteiger partial charge in [0, 0.05) is 12.5 Å². The highest BCUT2D eigenvalue weighted by molar-refractivity contribution is 5.95. The molecule has 0 atom stereocenters. The van der Waals surface area contributed by atoms with Crippen molar-refractivity contribution < 1.29 is 13.9 Å². The number of carbonyl (C=O) groups excluding carboxylic acids is 1. The average Bonchev–Trinajstić information content (AvgIpc) is 2.69. The van der Waals surface area contributed by atoms with E-state index in [0.29, 0.717) is 28.4 Å². The van der Waals surface area contributed by atoms with E-state index in [-0.39, 0.29) is 11.2 Å². The van der Waals surface area contributed by atoms with Gasteiger partial charge in [0.1, 0.15) is 22.3 Å². The second-order valence-electron chi connectivity index (χ2n) is 6.90. The molecule has 0 spiro atoms. The van der Waals surface area contributed by atoms with Gasteiger partial charge < -0.3 is 9.15 Å². The smallest absolute Gasteiger partial charge is 0.308 e. The van der Waals surface area contributed by atoms with E-state index in [4.69, 9.17) is 9.15 Å². The topological polar surface area (TPSA) is 56.5 Å². The van der Waals surface area contributed by atoms with Crippen LogP contribution in [-0.2, 0) is 17.6 Å². The molecule has 0 unspecified atom stereocenters. The summed E-state index contributed by atoms with van der Waals surface area (Å²) in [5, 5.41) is 0.795. The number of allylic oxidation sites excluding steroid dienone is 4. The van der Waals surface area contributed by atoms with Crippen LogP contribution in [0, 0.1) is 0 Å². The van der Waals surface area contributed by atoms with Crippen LogP contribution in [0.1, 0.15) is 44.7 Å². The number of hydrogen-bond acceptors (Lipinski definition) is 4. The van der Waals surface area contributed by atoms with Gasteiger partial charge in [0.05, 0.1) is 5.39 Å². The first kappa shape index (κ1) is 20.6. The lowest BCUT2D eigenvalue weighted by Gasteiger charge is -2.12. The third-order valence-corrected chi connectivity index (χ3v) is 4.75. The number of fused-ring (bicyclic) bond motifs is 2. The Balaban J connectivity index is 2.27. The zero-order valence-electron chi connectivity index (χ0n) is 17.2. The molecule has 0 fully saturated rings. The van der Waals surface area contributed by atoms with Crippen molar-refractivity contribution in [2.45, 2.75) is 46.5 Å². The van der Waals surface area contributed by atoms with Crippen molar-refractivity contribution >= 4 is 27.9 Å². The lowest BCUT2D eigenvalue weighted by Crippen LogP contribution is -2.09. The Morgan fingerprint density at radius 3 is 2.41 bits per heavy atom. The summed E-state index contributed by atoms with van der Waals surface area (Å²) in [6, 6.07) is 8.88. The molecule has 3 aromatic rings. The summed E-state index contributed by atoms with van der Waals surface area (Å²) < 4.78 is 11.4. The Labute approximate surface area is 170 Å². The Morgan fingerprint density at radius 1 is 1.00 bits per heavy atom. The minimum atomic E-state index is -0.472. The highest BCUT2D eigenvalue weighted by Gasteiger charge is 2.17. The minimum Gasteiger partial charge on any atom is -0.455 e. The van der Waals surface area contributed by atoms with Gasteiger partial charge in [-0.2, -0.15) is 0 Å². The number of benzene rings is 2. The second-order valence-corrected chi connectivity index (χ2v) is 6.90. The van der Waals surface area contributed by atoms with Gasteiger partial charge in [0.2, 0.25) is 5.43 Å². The number of esters is 1. The molecule has 2 aromatic carbocycles. The maximum absolute atomic E-state index is 13.3. The van der Waals surface area contributed by atoms with Gasteiger partial charge in [-0.3, -0.25) is 9.59 Å². The molecule has 29 heavy (non-hydrogen) atoms. The summed E-state index contributed by atoms with van der Waals surface area (Å²) in [5.74, 6) is -0.242. The standard InChI is InChI=1S/C25H26O4/c1-4-6-8-11-18-15-16-20-24(27)23-21(28-17(3)26)13-10-14-22(23)29-25(20)19(18)12-9-7-5-2/h6-10,13-16H,4-5,11-12H2,1-3H3. The fourth-order valence-electron chi connectivity index (χ4n) is 3.43. The van der Waals surface area contributed by atoms with Crippen molar-refractivity contribution in [3.8, 4) is 5.75 Å². The van der Waals surface area contributed by atoms with Crippen LogP contribution < -0.4 is 10.2 Å². The molecule has 1 heterocycles. The lowest BCUT2D eigenvalue weighted by atomic mass is 9.97. The maximum atomic E-state index is 13.3. The highest BCUT2D eigenvalue weighted by atomic mass is 16.5. The van der Waals surface area contributed by atoms with Crippen molar-refractivity contribution in [2.24, 2.45) is 0 Å². The average molecular weight is 390 g/mol. The summed E-state index contributed by atoms with van der Waals surface area (Å²) in [6.45, 7) is 5.51. The Bertz CT molecular complexity index is 1150. The summed E-state index contributed by atoms with van der Waals surface area (Å²) in [6.07, 6.45) is 11.9. The van der Waals surface area contributed by atoms with E-state index in [1.807, 2.05) is 12.1 Å². The molecule has 4 nitrogen and oxygen atoms in total. The van der Waals surface area contributed by atoms with Gasteiger partial charge >= 0.3 is 5.97 Å². The molecule has 0 saturated heterocycles. The monoisotopic (exact) mass is 390 g/mol. The zero-order valence-corrected chi connectivity index (χ0v) is 17.2. The van der Waals surface area contributed by atoms with Crippen LogP contribution >= 0.6 is 0 Å². The van der Waals surface area contributed by atoms with E-state index in [9.17, 15) is 9.59 Å². The number of hydrogen-bond donors (Lipinski definition) is 0. The molecule has 3 rings (SSSR count). The van der Waals surface area contributed by atoms with E-state index < -0.39 is 5.97 Å². The van der Waals surface area contributed by atoms with E-state index in [2.05, 4.69) is 38.2 Å². The predicted octanol–water partition coefficient (Wildman–Crippen LogP) is 5.89. The number of ether oxygens (including phenoxy) is 1. The zero-order chi connectivity index (χ0) is 20.8. The second kappa shape index (κ2) is 9.37. The minimum absolute atomic E-state index is 0.186. The first-order chi connectivity index (χ1) is 14.1. The molecular formula is C25H26O4. The lowest BCUT2D eigenvalue weighted by molar-refractivity contribution is -0.131. The van der Waals surface area contributed by atoms with Crippen LogP contribution in [0.25, 0.3) is 21.9 Å². The Kier molecular flexibility index (Phi) is 6.65. The summed E-state index contributed by atoms with van der Waals surface area (Å²) in [4.78, 5) is 24.7.